The van der Waals surface area contributed by atoms with Gasteiger partial charge in [0.15, 0.2) is 0 Å². The molecule has 0 bridgehead atoms. The van der Waals surface area contributed by atoms with E-state index < -0.39 is 32.6 Å². The second kappa shape index (κ2) is 6.13. The fourth-order valence-corrected chi connectivity index (χ4v) is 3.56. The number of benzene rings is 1. The van der Waals surface area contributed by atoms with Crippen LogP contribution in [-0.4, -0.2) is 18.2 Å². The van der Waals surface area contributed by atoms with Gasteiger partial charge in [-0.3, -0.25) is 4.68 Å². The number of nitrogens with one attached hydrogen (secondary N) is 1. The summed E-state index contributed by atoms with van der Waals surface area (Å²) >= 11 is 0. The molecule has 1 heterocycles. The molecule has 2 rings (SSSR count). The summed E-state index contributed by atoms with van der Waals surface area (Å²) in [5.74, 6) is -1.81. The van der Waals surface area contributed by atoms with E-state index >= 15 is 0 Å². The number of sulfonamides is 1. The molecule has 2 aromatic rings. The molecular formula is C14H17F2N3O2S. The molecule has 120 valence electrons. The van der Waals surface area contributed by atoms with Gasteiger partial charge in [0.25, 0.3) is 0 Å². The standard InChI is InChI=1S/C14H17F2N3O2S/c1-4-19-10(3)12(8-17-19)9(2)18-22(20,21)14-7-11(15)5-6-13(14)16/h5-9,18H,4H2,1-3H3. The Kier molecular flexibility index (Phi) is 4.62. The number of halogens is 2. The van der Waals surface area contributed by atoms with Crippen LogP contribution >= 0.6 is 0 Å². The predicted molar refractivity (Wildman–Crippen MR) is 77.7 cm³/mol. The van der Waals surface area contributed by atoms with E-state index in [1.54, 1.807) is 17.8 Å². The maximum Gasteiger partial charge on any atom is 0.244 e. The zero-order chi connectivity index (χ0) is 16.5. The van der Waals surface area contributed by atoms with Gasteiger partial charge >= 0.3 is 0 Å². The van der Waals surface area contributed by atoms with Gasteiger partial charge in [-0.05, 0) is 39.0 Å². The summed E-state index contributed by atoms with van der Waals surface area (Å²) in [6.45, 7) is 6.02. The van der Waals surface area contributed by atoms with Crippen LogP contribution in [0.4, 0.5) is 8.78 Å². The molecule has 1 aromatic heterocycles. The molecule has 0 saturated carbocycles. The summed E-state index contributed by atoms with van der Waals surface area (Å²) in [4.78, 5) is -0.708. The van der Waals surface area contributed by atoms with Crippen molar-refractivity contribution < 1.29 is 17.2 Å². The largest absolute Gasteiger partial charge is 0.270 e. The maximum absolute atomic E-state index is 13.7. The van der Waals surface area contributed by atoms with Crippen molar-refractivity contribution >= 4 is 10.0 Å². The zero-order valence-electron chi connectivity index (χ0n) is 12.5. The number of hydrogen-bond acceptors (Lipinski definition) is 3. The number of aryl methyl sites for hydroxylation is 1. The van der Waals surface area contributed by atoms with E-state index in [4.69, 9.17) is 0 Å². The van der Waals surface area contributed by atoms with Gasteiger partial charge in [-0.1, -0.05) is 0 Å². The predicted octanol–water partition coefficient (Wildman–Crippen LogP) is 2.53. The lowest BCUT2D eigenvalue weighted by Crippen LogP contribution is -2.28. The van der Waals surface area contributed by atoms with Crippen LogP contribution in [0.3, 0.4) is 0 Å². The SMILES string of the molecule is CCn1ncc(C(C)NS(=O)(=O)c2cc(F)ccc2F)c1C. The lowest BCUT2D eigenvalue weighted by Gasteiger charge is -2.15. The first kappa shape index (κ1) is 16.6. The molecule has 1 N–H and O–H groups in total. The Labute approximate surface area is 128 Å². The molecule has 1 atom stereocenters. The smallest absolute Gasteiger partial charge is 0.244 e. The topological polar surface area (TPSA) is 64.0 Å². The molecular weight excluding hydrogens is 312 g/mol. The molecule has 0 spiro atoms. The van der Waals surface area contributed by atoms with Gasteiger partial charge in [-0.2, -0.15) is 5.10 Å². The van der Waals surface area contributed by atoms with E-state index in [0.717, 1.165) is 17.8 Å². The van der Waals surface area contributed by atoms with Crippen molar-refractivity contribution in [3.63, 3.8) is 0 Å². The molecule has 0 fully saturated rings. The Balaban J connectivity index is 2.31. The average molecular weight is 329 g/mol. The van der Waals surface area contributed by atoms with Gasteiger partial charge in [-0.25, -0.2) is 21.9 Å². The molecule has 5 nitrogen and oxygen atoms in total. The minimum absolute atomic E-state index is 0.618. The van der Waals surface area contributed by atoms with Crippen molar-refractivity contribution in [2.75, 3.05) is 0 Å². The van der Waals surface area contributed by atoms with Gasteiger partial charge in [0.05, 0.1) is 6.20 Å². The molecule has 0 aliphatic heterocycles. The third-order valence-electron chi connectivity index (χ3n) is 3.42. The summed E-state index contributed by atoms with van der Waals surface area (Å²) in [5, 5.41) is 4.14. The summed E-state index contributed by atoms with van der Waals surface area (Å²) in [5.41, 5.74) is 1.50. The van der Waals surface area contributed by atoms with E-state index in [-0.39, 0.29) is 0 Å². The second-order valence-corrected chi connectivity index (χ2v) is 6.60. The van der Waals surface area contributed by atoms with Crippen LogP contribution in [0.25, 0.3) is 0 Å². The van der Waals surface area contributed by atoms with Crippen LogP contribution in [0, 0.1) is 18.6 Å². The fourth-order valence-electron chi connectivity index (χ4n) is 2.25. The highest BCUT2D eigenvalue weighted by Crippen LogP contribution is 2.21. The van der Waals surface area contributed by atoms with E-state index in [1.807, 2.05) is 13.8 Å². The van der Waals surface area contributed by atoms with Crippen molar-refractivity contribution in [1.82, 2.24) is 14.5 Å². The molecule has 0 saturated heterocycles. The van der Waals surface area contributed by atoms with Crippen molar-refractivity contribution in [3.05, 3.63) is 47.3 Å². The summed E-state index contributed by atoms with van der Waals surface area (Å²) < 4.78 is 55.4. The highest BCUT2D eigenvalue weighted by atomic mass is 32.2. The minimum Gasteiger partial charge on any atom is -0.270 e. The van der Waals surface area contributed by atoms with Crippen molar-refractivity contribution in [2.24, 2.45) is 0 Å². The Hall–Kier alpha value is -1.80. The average Bonchev–Trinajstić information content (AvgIpc) is 2.82. The van der Waals surface area contributed by atoms with Crippen molar-refractivity contribution in [3.8, 4) is 0 Å². The Morgan fingerprint density at radius 2 is 2.05 bits per heavy atom. The van der Waals surface area contributed by atoms with Crippen LogP contribution in [0.5, 0.6) is 0 Å². The van der Waals surface area contributed by atoms with Gasteiger partial charge in [0, 0.05) is 23.8 Å². The van der Waals surface area contributed by atoms with E-state index in [2.05, 4.69) is 9.82 Å². The van der Waals surface area contributed by atoms with Crippen LogP contribution in [0.15, 0.2) is 29.3 Å². The first-order valence-corrected chi connectivity index (χ1v) is 8.24. The molecule has 0 aliphatic rings. The molecule has 0 aliphatic carbocycles. The monoisotopic (exact) mass is 329 g/mol. The highest BCUT2D eigenvalue weighted by Gasteiger charge is 2.24. The first-order chi connectivity index (χ1) is 10.3. The molecule has 0 radical (unpaired) electrons. The lowest BCUT2D eigenvalue weighted by molar-refractivity contribution is 0.537. The molecule has 1 unspecified atom stereocenters. The van der Waals surface area contributed by atoms with Gasteiger partial charge in [0.2, 0.25) is 10.0 Å². The summed E-state index contributed by atoms with van der Waals surface area (Å²) in [6, 6.07) is 1.70. The third kappa shape index (κ3) is 3.17. The van der Waals surface area contributed by atoms with E-state index in [1.165, 1.54) is 0 Å². The molecule has 8 heteroatoms. The Bertz CT molecular complexity index is 787. The molecule has 0 amide bonds. The van der Waals surface area contributed by atoms with E-state index in [0.29, 0.717) is 18.2 Å². The van der Waals surface area contributed by atoms with Gasteiger partial charge in [0.1, 0.15) is 16.5 Å². The zero-order valence-corrected chi connectivity index (χ0v) is 13.3. The van der Waals surface area contributed by atoms with Crippen LogP contribution in [0.2, 0.25) is 0 Å². The normalized spacial score (nSPS) is 13.3. The quantitative estimate of drug-likeness (QED) is 0.917. The summed E-state index contributed by atoms with van der Waals surface area (Å²) in [7, 11) is -4.18. The van der Waals surface area contributed by atoms with Crippen molar-refractivity contribution in [2.45, 2.75) is 38.3 Å². The number of rotatable bonds is 5. The minimum atomic E-state index is -4.18. The van der Waals surface area contributed by atoms with Gasteiger partial charge < -0.3 is 0 Å². The Morgan fingerprint density at radius 3 is 2.64 bits per heavy atom. The second-order valence-electron chi connectivity index (χ2n) is 4.92. The number of aromatic nitrogens is 2. The van der Waals surface area contributed by atoms with Crippen LogP contribution in [-0.2, 0) is 16.6 Å². The third-order valence-corrected chi connectivity index (χ3v) is 4.98. The number of hydrogen-bond donors (Lipinski definition) is 1. The fraction of sp³-hybridized carbons (Fsp3) is 0.357. The van der Waals surface area contributed by atoms with Gasteiger partial charge in [-0.15, -0.1) is 0 Å². The maximum atomic E-state index is 13.7. The number of nitrogens with zero attached hydrogens (tertiary/aromatic N) is 2. The molecule has 1 aromatic carbocycles. The van der Waals surface area contributed by atoms with Crippen LogP contribution in [0.1, 0.15) is 31.1 Å². The Morgan fingerprint density at radius 1 is 1.36 bits per heavy atom. The van der Waals surface area contributed by atoms with Crippen LogP contribution < -0.4 is 4.72 Å². The summed E-state index contributed by atoms with van der Waals surface area (Å²) in [6.07, 6.45) is 1.56. The highest BCUT2D eigenvalue weighted by molar-refractivity contribution is 7.89. The lowest BCUT2D eigenvalue weighted by atomic mass is 10.1. The first-order valence-electron chi connectivity index (χ1n) is 6.76. The molecule has 22 heavy (non-hydrogen) atoms. The van der Waals surface area contributed by atoms with Crippen molar-refractivity contribution in [1.29, 1.82) is 0 Å². The van der Waals surface area contributed by atoms with E-state index in [9.17, 15) is 17.2 Å².